The fraction of sp³-hybridized carbons (Fsp3) is 0.444. The zero-order valence-electron chi connectivity index (χ0n) is 22.3. The van der Waals surface area contributed by atoms with Crippen molar-refractivity contribution in [3.63, 3.8) is 0 Å². The molecule has 0 spiro atoms. The van der Waals surface area contributed by atoms with Gasteiger partial charge in [0.15, 0.2) is 11.4 Å². The summed E-state index contributed by atoms with van der Waals surface area (Å²) in [4.78, 5) is 34.3. The quantitative estimate of drug-likeness (QED) is 0.492. The minimum atomic E-state index is -0.574. The predicted octanol–water partition coefficient (Wildman–Crippen LogP) is 4.44. The van der Waals surface area contributed by atoms with E-state index in [4.69, 9.17) is 4.42 Å². The number of amides is 1. The minimum Gasteiger partial charge on any atom is -0.422 e. The molecule has 1 amide bonds. The van der Waals surface area contributed by atoms with Crippen LogP contribution in [0, 0.1) is 18.2 Å². The minimum absolute atomic E-state index is 0.0219. The van der Waals surface area contributed by atoms with Gasteiger partial charge in [-0.1, -0.05) is 20.8 Å². The molecule has 4 heterocycles. The first-order valence-corrected chi connectivity index (χ1v) is 12.4. The van der Waals surface area contributed by atoms with Crippen LogP contribution in [0.1, 0.15) is 56.4 Å². The lowest BCUT2D eigenvalue weighted by Gasteiger charge is -2.33. The molecule has 0 saturated carbocycles. The van der Waals surface area contributed by atoms with E-state index in [9.17, 15) is 4.79 Å². The van der Waals surface area contributed by atoms with Crippen LogP contribution in [0.3, 0.4) is 0 Å². The molecule has 10 heteroatoms. The normalized spacial score (nSPS) is 14.7. The zero-order chi connectivity index (χ0) is 26.7. The smallest absolute Gasteiger partial charge is 0.300 e. The summed E-state index contributed by atoms with van der Waals surface area (Å²) in [6.45, 7) is 14.5. The number of carbonyl (C=O) groups excluding carboxylic acids is 1. The van der Waals surface area contributed by atoms with Crippen LogP contribution < -0.4 is 10.2 Å². The summed E-state index contributed by atoms with van der Waals surface area (Å²) < 4.78 is 21.0. The van der Waals surface area contributed by atoms with E-state index in [1.54, 1.807) is 11.1 Å². The van der Waals surface area contributed by atoms with Crippen molar-refractivity contribution in [3.05, 3.63) is 53.4 Å². The standard InChI is InChI=1S/C27H34FN7O2/c1-17(2)29-15-21(31-16-27(4,5)6)23-20(28)13-19(14-30-23)25(36)34-9-11-35(12-10-34)26-33-24-22(37-26)8-7-18(3)32-24/h7-8,13-15,31H,9-12,16H2,1-6H3/b21-15-. The Bertz CT molecular complexity index is 1340. The third-order valence-electron chi connectivity index (χ3n) is 5.82. The molecule has 0 unspecified atom stereocenters. The third kappa shape index (κ3) is 6.49. The molecule has 1 fully saturated rings. The van der Waals surface area contributed by atoms with Crippen molar-refractivity contribution in [2.75, 3.05) is 37.6 Å². The lowest BCUT2D eigenvalue weighted by Crippen LogP contribution is -2.49. The fourth-order valence-electron chi connectivity index (χ4n) is 3.82. The number of fused-ring (bicyclic) bond motifs is 1. The van der Waals surface area contributed by atoms with Crippen molar-refractivity contribution < 1.29 is 13.6 Å². The van der Waals surface area contributed by atoms with Gasteiger partial charge < -0.3 is 19.5 Å². The first-order chi connectivity index (χ1) is 17.5. The van der Waals surface area contributed by atoms with Gasteiger partial charge in [0, 0.05) is 50.3 Å². The van der Waals surface area contributed by atoms with E-state index in [-0.39, 0.29) is 22.6 Å². The Morgan fingerprint density at radius 1 is 1.19 bits per heavy atom. The molecule has 0 aliphatic carbocycles. The van der Waals surface area contributed by atoms with E-state index in [0.29, 0.717) is 55.7 Å². The summed E-state index contributed by atoms with van der Waals surface area (Å²) in [5.41, 5.74) is 3.71. The van der Waals surface area contributed by atoms with E-state index in [1.807, 2.05) is 37.8 Å². The molecule has 37 heavy (non-hydrogen) atoms. The van der Waals surface area contributed by atoms with E-state index in [1.165, 1.54) is 12.3 Å². The molecule has 0 bridgehead atoms. The highest BCUT2D eigenvalue weighted by Crippen LogP contribution is 2.23. The summed E-state index contributed by atoms with van der Waals surface area (Å²) in [5.74, 6) is -0.835. The van der Waals surface area contributed by atoms with E-state index < -0.39 is 5.82 Å². The van der Waals surface area contributed by atoms with Crippen molar-refractivity contribution in [2.24, 2.45) is 10.4 Å². The van der Waals surface area contributed by atoms with Crippen LogP contribution in [0.4, 0.5) is 10.4 Å². The highest BCUT2D eigenvalue weighted by atomic mass is 19.1. The van der Waals surface area contributed by atoms with Gasteiger partial charge in [0.25, 0.3) is 11.9 Å². The predicted molar refractivity (Wildman–Crippen MR) is 143 cm³/mol. The number of hydrogen-bond donors (Lipinski definition) is 1. The Labute approximate surface area is 216 Å². The van der Waals surface area contributed by atoms with Gasteiger partial charge in [0.2, 0.25) is 5.65 Å². The Morgan fingerprint density at radius 3 is 2.57 bits per heavy atom. The lowest BCUT2D eigenvalue weighted by molar-refractivity contribution is 0.0744. The number of nitrogens with one attached hydrogen (secondary N) is 1. The molecule has 3 aromatic rings. The fourth-order valence-corrected chi connectivity index (χ4v) is 3.82. The average Bonchev–Trinajstić information content (AvgIpc) is 3.26. The number of hydrogen-bond acceptors (Lipinski definition) is 8. The number of piperazine rings is 1. The Hall–Kier alpha value is -3.82. The second-order valence-electron chi connectivity index (χ2n) is 10.6. The number of aliphatic imine (C=N–C) groups is 1. The Kier molecular flexibility index (Phi) is 7.56. The van der Waals surface area contributed by atoms with Gasteiger partial charge in [-0.25, -0.2) is 9.37 Å². The molecule has 1 N–H and O–H groups in total. The SMILES string of the molecule is CC(C)=N/C=C(\NCC(C)(C)C)c1ncc(C(=O)N2CCN(c3nc4nc(C)ccc4o3)CC2)cc1F. The number of rotatable bonds is 6. The van der Waals surface area contributed by atoms with Crippen LogP contribution in [0.2, 0.25) is 0 Å². The van der Waals surface area contributed by atoms with Crippen LogP contribution in [-0.2, 0) is 0 Å². The number of halogens is 1. The van der Waals surface area contributed by atoms with Gasteiger partial charge in [0.1, 0.15) is 5.69 Å². The maximum absolute atomic E-state index is 15.2. The summed E-state index contributed by atoms with van der Waals surface area (Å²) in [7, 11) is 0. The maximum Gasteiger partial charge on any atom is 0.300 e. The van der Waals surface area contributed by atoms with E-state index in [0.717, 1.165) is 11.4 Å². The molecule has 0 aromatic carbocycles. The molecule has 196 valence electrons. The zero-order valence-corrected chi connectivity index (χ0v) is 22.3. The summed E-state index contributed by atoms with van der Waals surface area (Å²) in [6, 6.07) is 5.48. The molecule has 3 aromatic heterocycles. The van der Waals surface area contributed by atoms with Crippen LogP contribution in [-0.4, -0.2) is 64.2 Å². The number of anilines is 1. The molecular weight excluding hydrogens is 473 g/mol. The van der Waals surface area contributed by atoms with E-state index >= 15 is 4.39 Å². The van der Waals surface area contributed by atoms with Gasteiger partial charge in [-0.15, -0.1) is 0 Å². The van der Waals surface area contributed by atoms with Crippen LogP contribution in [0.25, 0.3) is 16.9 Å². The molecular formula is C27H34FN7O2. The van der Waals surface area contributed by atoms with Crippen molar-refractivity contribution in [2.45, 2.75) is 41.5 Å². The molecule has 0 radical (unpaired) electrons. The van der Waals surface area contributed by atoms with Gasteiger partial charge in [0.05, 0.1) is 17.5 Å². The Morgan fingerprint density at radius 2 is 1.92 bits per heavy atom. The van der Waals surface area contributed by atoms with Crippen LogP contribution in [0.5, 0.6) is 0 Å². The summed E-state index contributed by atoms with van der Waals surface area (Å²) >= 11 is 0. The summed E-state index contributed by atoms with van der Waals surface area (Å²) in [6.07, 6.45) is 3.01. The second kappa shape index (κ2) is 10.7. The first-order valence-electron chi connectivity index (χ1n) is 12.4. The van der Waals surface area contributed by atoms with Crippen molar-refractivity contribution in [1.82, 2.24) is 25.2 Å². The Balaban J connectivity index is 1.45. The first kappa shape index (κ1) is 26.2. The van der Waals surface area contributed by atoms with Gasteiger partial charge >= 0.3 is 0 Å². The van der Waals surface area contributed by atoms with Crippen LogP contribution in [0.15, 0.2) is 40.0 Å². The van der Waals surface area contributed by atoms with Gasteiger partial charge in [-0.2, -0.15) is 4.98 Å². The average molecular weight is 508 g/mol. The topological polar surface area (TPSA) is 99.8 Å². The largest absolute Gasteiger partial charge is 0.422 e. The number of pyridine rings is 2. The molecule has 1 aliphatic heterocycles. The number of carbonyl (C=O) groups is 1. The third-order valence-corrected chi connectivity index (χ3v) is 5.82. The summed E-state index contributed by atoms with van der Waals surface area (Å²) in [5, 5.41) is 3.25. The maximum atomic E-state index is 15.2. The molecule has 4 rings (SSSR count). The van der Waals surface area contributed by atoms with Crippen molar-refractivity contribution in [3.8, 4) is 0 Å². The highest BCUT2D eigenvalue weighted by molar-refractivity contribution is 5.94. The van der Waals surface area contributed by atoms with Crippen LogP contribution >= 0.6 is 0 Å². The van der Waals surface area contributed by atoms with Gasteiger partial charge in [-0.3, -0.25) is 14.8 Å². The molecule has 1 aliphatic rings. The number of aromatic nitrogens is 3. The molecule has 0 atom stereocenters. The van der Waals surface area contributed by atoms with Crippen molar-refractivity contribution >= 4 is 34.6 Å². The highest BCUT2D eigenvalue weighted by Gasteiger charge is 2.26. The van der Waals surface area contributed by atoms with E-state index in [2.05, 4.69) is 46.0 Å². The number of nitrogens with zero attached hydrogens (tertiary/aromatic N) is 6. The number of oxazole rings is 1. The second-order valence-corrected chi connectivity index (χ2v) is 10.6. The molecule has 9 nitrogen and oxygen atoms in total. The lowest BCUT2D eigenvalue weighted by atomic mass is 9.97. The monoisotopic (exact) mass is 507 g/mol. The number of aryl methyl sites for hydroxylation is 1. The van der Waals surface area contributed by atoms with Crippen molar-refractivity contribution in [1.29, 1.82) is 0 Å². The van der Waals surface area contributed by atoms with Gasteiger partial charge in [-0.05, 0) is 44.4 Å². The molecule has 1 saturated heterocycles.